The summed E-state index contributed by atoms with van der Waals surface area (Å²) in [6.07, 6.45) is 3.23. The normalized spacial score (nSPS) is 51.9. The number of methoxy groups -OCH3 is 1. The Labute approximate surface area is 159 Å². The molecule has 1 aliphatic carbocycles. The number of nitrogens with one attached hydrogen (secondary N) is 1. The van der Waals surface area contributed by atoms with E-state index in [1.54, 1.807) is 0 Å². The van der Waals surface area contributed by atoms with Crippen molar-refractivity contribution in [2.24, 2.45) is 11.3 Å². The summed E-state index contributed by atoms with van der Waals surface area (Å²) in [7, 11) is 3.78. The first kappa shape index (κ1) is 16.1. The van der Waals surface area contributed by atoms with Crippen molar-refractivity contribution in [1.29, 1.82) is 0 Å². The van der Waals surface area contributed by atoms with Crippen LogP contribution >= 0.6 is 0 Å². The van der Waals surface area contributed by atoms with Gasteiger partial charge in [0.05, 0.1) is 31.7 Å². The van der Waals surface area contributed by atoms with Crippen molar-refractivity contribution < 1.29 is 19.1 Å². The number of carbonyl (C=O) groups is 1. The second kappa shape index (κ2) is 4.58. The maximum Gasteiger partial charge on any atom is 0.321 e. The zero-order valence-electron chi connectivity index (χ0n) is 16.1. The van der Waals surface area contributed by atoms with Crippen molar-refractivity contribution >= 4 is 11.7 Å². The molecule has 1 aromatic rings. The van der Waals surface area contributed by atoms with E-state index in [4.69, 9.17) is 4.74 Å². The van der Waals surface area contributed by atoms with Crippen molar-refractivity contribution in [3.8, 4) is 0 Å². The van der Waals surface area contributed by atoms with Crippen molar-refractivity contribution in [3.63, 3.8) is 0 Å². The molecule has 1 unspecified atom stereocenters. The van der Waals surface area contributed by atoms with E-state index >= 15 is 0 Å². The van der Waals surface area contributed by atoms with Gasteiger partial charge in [-0.2, -0.15) is 0 Å². The molecule has 27 heavy (non-hydrogen) atoms. The molecular formula is C22H27N2O3+. The number of aliphatic hydroxyl groups is 1. The Bertz CT molecular complexity index is 913. The van der Waals surface area contributed by atoms with Gasteiger partial charge >= 0.3 is 5.97 Å². The van der Waals surface area contributed by atoms with E-state index in [-0.39, 0.29) is 24.0 Å². The van der Waals surface area contributed by atoms with Crippen LogP contribution < -0.4 is 5.32 Å². The molecule has 0 radical (unpaired) electrons. The van der Waals surface area contributed by atoms with E-state index in [9.17, 15) is 9.90 Å². The summed E-state index contributed by atoms with van der Waals surface area (Å²) in [6, 6.07) is 9.05. The number of hydrogen-bond acceptors (Lipinski definition) is 4. The number of fused-ring (bicyclic) bond motifs is 2. The van der Waals surface area contributed by atoms with Crippen LogP contribution in [0.5, 0.6) is 0 Å². The van der Waals surface area contributed by atoms with E-state index in [0.717, 1.165) is 29.6 Å². The fourth-order valence-corrected chi connectivity index (χ4v) is 8.23. The second-order valence-corrected chi connectivity index (χ2v) is 9.48. The third-order valence-corrected chi connectivity index (χ3v) is 9.11. The van der Waals surface area contributed by atoms with Gasteiger partial charge in [-0.25, -0.2) is 0 Å². The minimum absolute atomic E-state index is 0.0823. The summed E-state index contributed by atoms with van der Waals surface area (Å²) in [5.41, 5.74) is 2.41. The van der Waals surface area contributed by atoms with E-state index in [1.165, 1.54) is 18.2 Å². The third kappa shape index (κ3) is 1.37. The highest BCUT2D eigenvalue weighted by Crippen LogP contribution is 2.73. The van der Waals surface area contributed by atoms with Crippen LogP contribution in [0.25, 0.3) is 0 Å². The lowest BCUT2D eigenvalue weighted by Crippen LogP contribution is -2.79. The molecule has 1 saturated carbocycles. The van der Waals surface area contributed by atoms with Crippen molar-refractivity contribution in [1.82, 2.24) is 0 Å². The van der Waals surface area contributed by atoms with Crippen molar-refractivity contribution in [2.45, 2.75) is 49.4 Å². The maximum absolute atomic E-state index is 13.4. The molecule has 142 valence electrons. The second-order valence-electron chi connectivity index (χ2n) is 9.48. The van der Waals surface area contributed by atoms with Gasteiger partial charge in [0.2, 0.25) is 0 Å². The van der Waals surface area contributed by atoms with Gasteiger partial charge in [0.15, 0.2) is 5.41 Å². The van der Waals surface area contributed by atoms with E-state index < -0.39 is 16.9 Å². The summed E-state index contributed by atoms with van der Waals surface area (Å²) in [5.74, 6) is -0.132. The summed E-state index contributed by atoms with van der Waals surface area (Å²) >= 11 is 0. The zero-order valence-corrected chi connectivity index (χ0v) is 16.1. The number of quaternary nitrogens is 1. The number of carbonyl (C=O) groups excluding carboxylic acids is 1. The first-order valence-electron chi connectivity index (χ1n) is 10.1. The van der Waals surface area contributed by atoms with Gasteiger partial charge in [0.1, 0.15) is 18.6 Å². The molecule has 7 rings (SSSR count). The number of hydrogen-bond donors (Lipinski definition) is 2. The highest BCUT2D eigenvalue weighted by Gasteiger charge is 2.87. The number of esters is 1. The molecule has 5 heterocycles. The summed E-state index contributed by atoms with van der Waals surface area (Å²) < 4.78 is 6.24. The molecule has 1 aromatic carbocycles. The number of anilines is 1. The molecule has 0 amide bonds. The number of likely N-dealkylation sites (N-methyl/N-ethyl adjacent to an activating group) is 1. The van der Waals surface area contributed by atoms with Crippen LogP contribution in [0.2, 0.25) is 0 Å². The Kier molecular flexibility index (Phi) is 2.74. The van der Waals surface area contributed by atoms with Crippen molar-refractivity contribution in [2.75, 3.05) is 26.0 Å². The molecule has 0 aromatic heterocycles. The number of rotatable bonds is 1. The molecule has 6 aliphatic rings. The molecule has 4 saturated heterocycles. The molecule has 5 fully saturated rings. The minimum Gasteiger partial charge on any atom is -0.468 e. The molecule has 1 spiro atoms. The topological polar surface area (TPSA) is 58.6 Å². The van der Waals surface area contributed by atoms with Gasteiger partial charge in [-0.3, -0.25) is 4.79 Å². The smallest absolute Gasteiger partial charge is 0.321 e. The molecule has 8 atom stereocenters. The van der Waals surface area contributed by atoms with Crippen molar-refractivity contribution in [3.05, 3.63) is 41.5 Å². The average Bonchev–Trinajstić information content (AvgIpc) is 3.13. The number of aliphatic hydroxyl groups excluding tert-OH is 1. The van der Waals surface area contributed by atoms with E-state index in [2.05, 4.69) is 43.6 Å². The zero-order chi connectivity index (χ0) is 18.8. The number of ether oxygens (including phenoxy) is 1. The lowest BCUT2D eigenvalue weighted by Gasteiger charge is -2.64. The standard InChI is InChI=1S/C22H27N2O3/c1-4-12-11-24(2)16-9-14(12)22(20(26)27-3)17(24)10-21(19(22)25)13-7-5-6-8-15(13)23-18(16)21/h4-8,14,16-19,23,25H,9-11H2,1-3H3/q+1/b12-4+/t14-,16+,17-,18+,19-,21+,22-,24?/m0/s1. The predicted molar refractivity (Wildman–Crippen MR) is 101 cm³/mol. The van der Waals surface area contributed by atoms with Crippen LogP contribution in [0.15, 0.2) is 35.9 Å². The predicted octanol–water partition coefficient (Wildman–Crippen LogP) is 1.82. The molecule has 2 N–H and O–H groups in total. The lowest BCUT2D eigenvalue weighted by atomic mass is 9.57. The Morgan fingerprint density at radius 2 is 2.19 bits per heavy atom. The Hall–Kier alpha value is -1.85. The van der Waals surface area contributed by atoms with Gasteiger partial charge in [-0.05, 0) is 24.1 Å². The quantitative estimate of drug-likeness (QED) is 0.452. The van der Waals surface area contributed by atoms with Gasteiger partial charge in [-0.1, -0.05) is 24.3 Å². The average molecular weight is 367 g/mol. The number of para-hydroxylation sites is 1. The third-order valence-electron chi connectivity index (χ3n) is 9.11. The number of allylic oxidation sites excluding steroid dienone is 1. The SMILES string of the molecule is C/C=C1\C[N+]2(C)[C@@H]3C[C@@H]1[C@@]1(C(=O)OC)[C@@H](O)[C@]4(C[C@@H]12)c1ccccc1N[C@H]34. The minimum atomic E-state index is -0.839. The van der Waals surface area contributed by atoms with Crippen LogP contribution in [0.3, 0.4) is 0 Å². The first-order chi connectivity index (χ1) is 13.0. The Balaban J connectivity index is 1.68. The van der Waals surface area contributed by atoms with Gasteiger partial charge in [0.25, 0.3) is 0 Å². The Morgan fingerprint density at radius 3 is 2.93 bits per heavy atom. The Morgan fingerprint density at radius 1 is 1.41 bits per heavy atom. The highest BCUT2D eigenvalue weighted by molar-refractivity contribution is 5.83. The van der Waals surface area contributed by atoms with Crippen LogP contribution in [0.4, 0.5) is 5.69 Å². The van der Waals surface area contributed by atoms with E-state index in [1.807, 2.05) is 6.07 Å². The number of nitrogens with zero attached hydrogens (tertiary/aromatic N) is 1. The number of piperidine rings is 4. The van der Waals surface area contributed by atoms with Gasteiger partial charge in [-0.15, -0.1) is 0 Å². The van der Waals surface area contributed by atoms with Crippen LogP contribution in [0, 0.1) is 11.3 Å². The fourth-order valence-electron chi connectivity index (χ4n) is 8.23. The fraction of sp³-hybridized carbons (Fsp3) is 0.591. The lowest BCUT2D eigenvalue weighted by molar-refractivity contribution is -0.975. The largest absolute Gasteiger partial charge is 0.468 e. The maximum atomic E-state index is 13.4. The first-order valence-corrected chi connectivity index (χ1v) is 10.1. The highest BCUT2D eigenvalue weighted by atomic mass is 16.5. The molecule has 5 nitrogen and oxygen atoms in total. The van der Waals surface area contributed by atoms with E-state index in [0.29, 0.717) is 6.04 Å². The molecule has 5 bridgehead atoms. The van der Waals surface area contributed by atoms with Gasteiger partial charge in [0, 0.05) is 24.4 Å². The summed E-state index contributed by atoms with van der Waals surface area (Å²) in [6.45, 7) is 3.05. The summed E-state index contributed by atoms with van der Waals surface area (Å²) in [4.78, 5) is 13.4. The van der Waals surface area contributed by atoms with Gasteiger partial charge < -0.3 is 19.6 Å². The van der Waals surface area contributed by atoms with Crippen LogP contribution in [0.1, 0.15) is 25.3 Å². The van der Waals surface area contributed by atoms with Crippen LogP contribution in [-0.2, 0) is 14.9 Å². The van der Waals surface area contributed by atoms with Crippen LogP contribution in [-0.4, -0.2) is 60.5 Å². The monoisotopic (exact) mass is 367 g/mol. The number of benzene rings is 1. The molecule has 5 heteroatoms. The molecular weight excluding hydrogens is 340 g/mol. The summed E-state index contributed by atoms with van der Waals surface area (Å²) in [5, 5.41) is 15.8. The molecule has 5 aliphatic heterocycles.